The van der Waals surface area contributed by atoms with E-state index in [2.05, 4.69) is 20.8 Å². The summed E-state index contributed by atoms with van der Waals surface area (Å²) in [4.78, 5) is 0. The van der Waals surface area contributed by atoms with Gasteiger partial charge in [0, 0.05) is 0 Å². The molecule has 0 heterocycles. The van der Waals surface area contributed by atoms with Gasteiger partial charge in [-0.1, -0.05) is 27.2 Å². The molecule has 0 bridgehead atoms. The van der Waals surface area contributed by atoms with Crippen molar-refractivity contribution >= 4 is 23.2 Å². The molecule has 0 nitrogen and oxygen atoms in total. The van der Waals surface area contributed by atoms with Gasteiger partial charge in [-0.2, -0.15) is 0 Å². The lowest BCUT2D eigenvalue weighted by Gasteiger charge is -2.27. The lowest BCUT2D eigenvalue weighted by atomic mass is 9.85. The van der Waals surface area contributed by atoms with Gasteiger partial charge in [0.25, 0.3) is 0 Å². The molecule has 0 saturated carbocycles. The first kappa shape index (κ1) is 10.6. The molecule has 0 saturated heterocycles. The zero-order valence-electron chi connectivity index (χ0n) is 7.17. The predicted molar refractivity (Wildman–Crippen MR) is 48.8 cm³/mol. The van der Waals surface area contributed by atoms with Gasteiger partial charge in [-0.15, -0.1) is 23.2 Å². The minimum Gasteiger partial charge on any atom is -0.102 e. The van der Waals surface area contributed by atoms with Crippen LogP contribution in [-0.4, -0.2) is 4.33 Å². The first-order valence-corrected chi connectivity index (χ1v) is 4.40. The Bertz CT molecular complexity index is 100. The number of rotatable bonds is 3. The Kier molecular flexibility index (Phi) is 3.51. The Morgan fingerprint density at radius 2 is 1.50 bits per heavy atom. The zero-order valence-corrected chi connectivity index (χ0v) is 8.68. The smallest absolute Gasteiger partial charge is 0.102 e. The van der Waals surface area contributed by atoms with Crippen LogP contribution in [0, 0.1) is 5.41 Å². The van der Waals surface area contributed by atoms with E-state index in [1.807, 2.05) is 6.92 Å². The van der Waals surface area contributed by atoms with E-state index in [-0.39, 0.29) is 5.41 Å². The number of hydrogen-bond donors (Lipinski definition) is 0. The van der Waals surface area contributed by atoms with E-state index < -0.39 is 4.33 Å². The minimum atomic E-state index is -0.570. The van der Waals surface area contributed by atoms with Crippen molar-refractivity contribution in [1.29, 1.82) is 0 Å². The lowest BCUT2D eigenvalue weighted by molar-refractivity contribution is 0.311. The summed E-state index contributed by atoms with van der Waals surface area (Å²) >= 11 is 11.7. The molecule has 10 heavy (non-hydrogen) atoms. The van der Waals surface area contributed by atoms with Crippen LogP contribution in [0.4, 0.5) is 0 Å². The first-order chi connectivity index (χ1) is 4.27. The first-order valence-electron chi connectivity index (χ1n) is 3.65. The van der Waals surface area contributed by atoms with Gasteiger partial charge in [-0.3, -0.25) is 0 Å². The molecule has 62 valence electrons. The fraction of sp³-hybridized carbons (Fsp3) is 1.00. The van der Waals surface area contributed by atoms with Gasteiger partial charge in [0.2, 0.25) is 0 Å². The van der Waals surface area contributed by atoms with E-state index in [1.165, 1.54) is 0 Å². The molecule has 0 aromatic heterocycles. The molecule has 0 N–H and O–H groups in total. The molecule has 0 aliphatic carbocycles. The van der Waals surface area contributed by atoms with E-state index in [9.17, 15) is 0 Å². The van der Waals surface area contributed by atoms with E-state index in [1.54, 1.807) is 0 Å². The lowest BCUT2D eigenvalue weighted by Crippen LogP contribution is -2.20. The van der Waals surface area contributed by atoms with Crippen LogP contribution in [0.2, 0.25) is 0 Å². The Morgan fingerprint density at radius 1 is 1.10 bits per heavy atom. The number of halogens is 2. The van der Waals surface area contributed by atoms with Gasteiger partial charge in [-0.05, 0) is 18.8 Å². The third-order valence-electron chi connectivity index (χ3n) is 1.75. The van der Waals surface area contributed by atoms with Crippen molar-refractivity contribution in [2.24, 2.45) is 5.41 Å². The summed E-state index contributed by atoms with van der Waals surface area (Å²) in [6, 6.07) is 0. The molecule has 0 radical (unpaired) electrons. The van der Waals surface area contributed by atoms with Crippen molar-refractivity contribution in [3.63, 3.8) is 0 Å². The molecule has 0 rings (SSSR count). The maximum absolute atomic E-state index is 5.86. The van der Waals surface area contributed by atoms with Gasteiger partial charge in [-0.25, -0.2) is 0 Å². The molecular weight excluding hydrogens is 167 g/mol. The Balaban J connectivity index is 3.89. The molecule has 0 atom stereocenters. The van der Waals surface area contributed by atoms with Crippen molar-refractivity contribution in [2.45, 2.75) is 44.9 Å². The fourth-order valence-corrected chi connectivity index (χ4v) is 1.69. The highest BCUT2D eigenvalue weighted by Crippen LogP contribution is 2.37. The third kappa shape index (κ3) is 5.37. The van der Waals surface area contributed by atoms with E-state index >= 15 is 0 Å². The van der Waals surface area contributed by atoms with Crippen LogP contribution in [0.15, 0.2) is 0 Å². The van der Waals surface area contributed by atoms with Crippen LogP contribution in [0.5, 0.6) is 0 Å². The highest BCUT2D eigenvalue weighted by Gasteiger charge is 2.26. The standard InChI is InChI=1S/C8H16Cl2/c1-5-7(2,3)6-8(4,9)10/h5-6H2,1-4H3. The van der Waals surface area contributed by atoms with E-state index in [0.29, 0.717) is 0 Å². The van der Waals surface area contributed by atoms with Gasteiger partial charge in [0.05, 0.1) is 0 Å². The second kappa shape index (κ2) is 3.32. The van der Waals surface area contributed by atoms with Crippen LogP contribution >= 0.6 is 23.2 Å². The summed E-state index contributed by atoms with van der Waals surface area (Å²) in [7, 11) is 0. The fourth-order valence-electron chi connectivity index (χ4n) is 0.965. The summed E-state index contributed by atoms with van der Waals surface area (Å²) in [6.45, 7) is 8.35. The molecule has 0 aliphatic heterocycles. The largest absolute Gasteiger partial charge is 0.116 e. The molecule has 0 amide bonds. The summed E-state index contributed by atoms with van der Waals surface area (Å²) in [5, 5.41) is 0. The van der Waals surface area contributed by atoms with E-state index in [4.69, 9.17) is 23.2 Å². The maximum atomic E-state index is 5.86. The molecule has 0 aromatic rings. The number of hydrogen-bond acceptors (Lipinski definition) is 0. The molecule has 0 spiro atoms. The van der Waals surface area contributed by atoms with Crippen LogP contribution in [0.1, 0.15) is 40.5 Å². The van der Waals surface area contributed by atoms with Gasteiger partial charge in [0.15, 0.2) is 0 Å². The normalized spacial score (nSPS) is 13.8. The summed E-state index contributed by atoms with van der Waals surface area (Å²) < 4.78 is -0.570. The average Bonchev–Trinajstić information content (AvgIpc) is 1.60. The molecule has 0 aromatic carbocycles. The molecule has 0 unspecified atom stereocenters. The van der Waals surface area contributed by atoms with Crippen LogP contribution < -0.4 is 0 Å². The Hall–Kier alpha value is 0.580. The maximum Gasteiger partial charge on any atom is 0.116 e. The third-order valence-corrected chi connectivity index (χ3v) is 2.01. The minimum absolute atomic E-state index is 0.262. The monoisotopic (exact) mass is 182 g/mol. The quantitative estimate of drug-likeness (QED) is 0.580. The summed E-state index contributed by atoms with van der Waals surface area (Å²) in [5.74, 6) is 0. The Morgan fingerprint density at radius 3 is 1.60 bits per heavy atom. The second-order valence-corrected chi connectivity index (χ2v) is 5.63. The van der Waals surface area contributed by atoms with Crippen LogP contribution in [0.25, 0.3) is 0 Å². The van der Waals surface area contributed by atoms with Gasteiger partial charge < -0.3 is 0 Å². The van der Waals surface area contributed by atoms with Crippen molar-refractivity contribution in [3.8, 4) is 0 Å². The van der Waals surface area contributed by atoms with Crippen molar-refractivity contribution in [1.82, 2.24) is 0 Å². The van der Waals surface area contributed by atoms with E-state index in [0.717, 1.165) is 12.8 Å². The molecular formula is C8H16Cl2. The van der Waals surface area contributed by atoms with Crippen LogP contribution in [0.3, 0.4) is 0 Å². The molecule has 0 aliphatic rings. The number of alkyl halides is 2. The van der Waals surface area contributed by atoms with Crippen molar-refractivity contribution < 1.29 is 0 Å². The Labute approximate surface area is 73.9 Å². The van der Waals surface area contributed by atoms with Crippen LogP contribution in [-0.2, 0) is 0 Å². The molecule has 0 fully saturated rings. The van der Waals surface area contributed by atoms with Gasteiger partial charge >= 0.3 is 0 Å². The summed E-state index contributed by atoms with van der Waals surface area (Å²) in [6.07, 6.45) is 1.96. The summed E-state index contributed by atoms with van der Waals surface area (Å²) in [5.41, 5.74) is 0.262. The SMILES string of the molecule is CCC(C)(C)CC(C)(Cl)Cl. The highest BCUT2D eigenvalue weighted by atomic mass is 35.5. The predicted octanol–water partition coefficient (Wildman–Crippen LogP) is 4.01. The zero-order chi connectivity index (χ0) is 8.41. The highest BCUT2D eigenvalue weighted by molar-refractivity contribution is 6.48. The van der Waals surface area contributed by atoms with Crippen molar-refractivity contribution in [3.05, 3.63) is 0 Å². The second-order valence-electron chi connectivity index (χ2n) is 3.76. The van der Waals surface area contributed by atoms with Crippen molar-refractivity contribution in [2.75, 3.05) is 0 Å². The average molecular weight is 183 g/mol. The van der Waals surface area contributed by atoms with Gasteiger partial charge in [0.1, 0.15) is 4.33 Å². The topological polar surface area (TPSA) is 0 Å². The molecule has 2 heteroatoms.